The average molecular weight is 347 g/mol. The molecule has 7 heteroatoms. The Morgan fingerprint density at radius 1 is 1.17 bits per heavy atom. The molecule has 0 aliphatic carbocycles. The Kier molecular flexibility index (Phi) is 7.58. The fourth-order valence-corrected chi connectivity index (χ4v) is 2.61. The summed E-state index contributed by atoms with van der Waals surface area (Å²) in [6, 6.07) is 3.23. The number of piperidine rings is 1. The van der Waals surface area contributed by atoms with Crippen molar-refractivity contribution in [1.82, 2.24) is 10.2 Å². The molecule has 1 amide bonds. The van der Waals surface area contributed by atoms with Gasteiger partial charge in [0.1, 0.15) is 0 Å². The molecule has 0 unspecified atom stereocenters. The molecule has 1 aromatic carbocycles. The number of hydrogen-bond donors (Lipinski definition) is 1. The van der Waals surface area contributed by atoms with Crippen molar-refractivity contribution in [3.05, 3.63) is 35.4 Å². The van der Waals surface area contributed by atoms with E-state index < -0.39 is 11.6 Å². The number of ketones is 1. The van der Waals surface area contributed by atoms with Gasteiger partial charge < -0.3 is 10.2 Å². The number of carbonyl (C=O) groups excluding carboxylic acids is 2. The minimum absolute atomic E-state index is 0. The van der Waals surface area contributed by atoms with Gasteiger partial charge in [-0.2, -0.15) is 0 Å². The summed E-state index contributed by atoms with van der Waals surface area (Å²) in [4.78, 5) is 25.8. The summed E-state index contributed by atoms with van der Waals surface area (Å²) in [5.74, 6) is -2.49. The summed E-state index contributed by atoms with van der Waals surface area (Å²) < 4.78 is 25.9. The zero-order valence-electron chi connectivity index (χ0n) is 13.0. The third-order valence-corrected chi connectivity index (χ3v) is 4.06. The van der Waals surface area contributed by atoms with Gasteiger partial charge >= 0.3 is 0 Å². The first kappa shape index (κ1) is 19.5. The van der Waals surface area contributed by atoms with Gasteiger partial charge in [-0.15, -0.1) is 12.4 Å². The van der Waals surface area contributed by atoms with Crippen molar-refractivity contribution >= 4 is 24.1 Å². The van der Waals surface area contributed by atoms with E-state index in [1.54, 1.807) is 11.9 Å². The summed E-state index contributed by atoms with van der Waals surface area (Å²) in [7, 11) is 1.75. The Morgan fingerprint density at radius 2 is 1.83 bits per heavy atom. The fourth-order valence-electron chi connectivity index (χ4n) is 2.61. The van der Waals surface area contributed by atoms with Crippen LogP contribution in [0.1, 0.15) is 36.0 Å². The van der Waals surface area contributed by atoms with Crippen LogP contribution in [0.15, 0.2) is 18.2 Å². The first-order valence-corrected chi connectivity index (χ1v) is 7.43. The lowest BCUT2D eigenvalue weighted by atomic mass is 10.0. The Morgan fingerprint density at radius 3 is 2.43 bits per heavy atom. The third kappa shape index (κ3) is 5.25. The van der Waals surface area contributed by atoms with Crippen molar-refractivity contribution in [2.24, 2.45) is 0 Å². The smallest absolute Gasteiger partial charge is 0.223 e. The van der Waals surface area contributed by atoms with Crippen molar-refractivity contribution in [3.63, 3.8) is 0 Å². The van der Waals surface area contributed by atoms with Crippen LogP contribution in [0.2, 0.25) is 0 Å². The first-order chi connectivity index (χ1) is 10.5. The lowest BCUT2D eigenvalue weighted by molar-refractivity contribution is -0.132. The van der Waals surface area contributed by atoms with Gasteiger partial charge in [0.25, 0.3) is 0 Å². The van der Waals surface area contributed by atoms with Crippen LogP contribution in [0.3, 0.4) is 0 Å². The molecule has 0 saturated carbocycles. The zero-order valence-corrected chi connectivity index (χ0v) is 13.8. The zero-order chi connectivity index (χ0) is 16.1. The molecule has 0 aromatic heterocycles. The number of halogens is 3. The van der Waals surface area contributed by atoms with E-state index in [4.69, 9.17) is 0 Å². The second kappa shape index (κ2) is 8.93. The largest absolute Gasteiger partial charge is 0.343 e. The van der Waals surface area contributed by atoms with E-state index in [2.05, 4.69) is 5.32 Å². The molecule has 0 radical (unpaired) electrons. The number of nitrogens with one attached hydrogen (secondary N) is 1. The predicted octanol–water partition coefficient (Wildman–Crippen LogP) is 2.56. The topological polar surface area (TPSA) is 49.4 Å². The average Bonchev–Trinajstić information content (AvgIpc) is 2.54. The standard InChI is InChI=1S/C16H20F2N2O2.ClH/c1-20(12-6-8-19-9-7-12)16(22)5-4-15(21)11-2-3-13(17)14(18)10-11;/h2-3,10,12,19H,4-9H2,1H3;1H. The quantitative estimate of drug-likeness (QED) is 0.834. The van der Waals surface area contributed by atoms with Gasteiger partial charge in [-0.05, 0) is 44.1 Å². The Bertz CT molecular complexity index is 563. The van der Waals surface area contributed by atoms with Gasteiger partial charge in [0, 0.05) is 31.5 Å². The van der Waals surface area contributed by atoms with Crippen LogP contribution in [0.25, 0.3) is 0 Å². The minimum atomic E-state index is -1.05. The molecule has 1 aliphatic heterocycles. The maximum Gasteiger partial charge on any atom is 0.223 e. The van der Waals surface area contributed by atoms with E-state index in [0.717, 1.165) is 38.1 Å². The molecule has 2 rings (SSSR count). The molecule has 23 heavy (non-hydrogen) atoms. The number of carbonyl (C=O) groups is 2. The molecule has 0 spiro atoms. The number of benzene rings is 1. The van der Waals surface area contributed by atoms with Crippen molar-refractivity contribution < 1.29 is 18.4 Å². The van der Waals surface area contributed by atoms with Crippen molar-refractivity contribution in [2.45, 2.75) is 31.7 Å². The molecular weight excluding hydrogens is 326 g/mol. The Balaban J connectivity index is 0.00000264. The van der Waals surface area contributed by atoms with Gasteiger partial charge in [-0.1, -0.05) is 0 Å². The summed E-state index contributed by atoms with van der Waals surface area (Å²) in [5, 5.41) is 3.23. The molecule has 1 fully saturated rings. The molecule has 1 heterocycles. The number of nitrogens with zero attached hydrogens (tertiary/aromatic N) is 1. The highest BCUT2D eigenvalue weighted by Gasteiger charge is 2.22. The van der Waals surface area contributed by atoms with Crippen molar-refractivity contribution in [3.8, 4) is 0 Å². The molecule has 0 atom stereocenters. The molecule has 1 aromatic rings. The summed E-state index contributed by atoms with van der Waals surface area (Å²) in [6.07, 6.45) is 1.89. The van der Waals surface area contributed by atoms with Crippen LogP contribution >= 0.6 is 12.4 Å². The molecular formula is C16H21ClF2N2O2. The molecule has 1 N–H and O–H groups in total. The lowest BCUT2D eigenvalue weighted by Crippen LogP contribution is -2.44. The minimum Gasteiger partial charge on any atom is -0.343 e. The van der Waals surface area contributed by atoms with E-state index >= 15 is 0 Å². The van der Waals surface area contributed by atoms with Crippen LogP contribution in [0, 0.1) is 11.6 Å². The van der Waals surface area contributed by atoms with Crippen LogP contribution < -0.4 is 5.32 Å². The fraction of sp³-hybridized carbons (Fsp3) is 0.500. The van der Waals surface area contributed by atoms with Crippen LogP contribution in [0.5, 0.6) is 0 Å². The maximum absolute atomic E-state index is 13.1. The normalized spacial score (nSPS) is 14.9. The first-order valence-electron chi connectivity index (χ1n) is 7.43. The Labute approximate surface area is 140 Å². The van der Waals surface area contributed by atoms with Crippen LogP contribution in [-0.4, -0.2) is 42.8 Å². The van der Waals surface area contributed by atoms with Crippen LogP contribution in [0.4, 0.5) is 8.78 Å². The summed E-state index contributed by atoms with van der Waals surface area (Å²) >= 11 is 0. The number of rotatable bonds is 5. The SMILES string of the molecule is CN(C(=O)CCC(=O)c1ccc(F)c(F)c1)C1CCNCC1.Cl. The monoisotopic (exact) mass is 346 g/mol. The number of hydrogen-bond acceptors (Lipinski definition) is 3. The van der Waals surface area contributed by atoms with E-state index in [-0.39, 0.29) is 48.5 Å². The number of Topliss-reactive ketones (excluding diaryl/α,β-unsaturated/α-hetero) is 1. The lowest BCUT2D eigenvalue weighted by Gasteiger charge is -2.31. The predicted molar refractivity (Wildman–Crippen MR) is 85.8 cm³/mol. The molecule has 1 aliphatic rings. The second-order valence-corrected chi connectivity index (χ2v) is 5.54. The van der Waals surface area contributed by atoms with Crippen molar-refractivity contribution in [2.75, 3.05) is 20.1 Å². The summed E-state index contributed by atoms with van der Waals surface area (Å²) in [5.41, 5.74) is 0.0937. The number of amides is 1. The highest BCUT2D eigenvalue weighted by Crippen LogP contribution is 2.14. The van der Waals surface area contributed by atoms with Crippen molar-refractivity contribution in [1.29, 1.82) is 0 Å². The molecule has 0 bridgehead atoms. The van der Waals surface area contributed by atoms with E-state index in [9.17, 15) is 18.4 Å². The highest BCUT2D eigenvalue weighted by atomic mass is 35.5. The van der Waals surface area contributed by atoms with E-state index in [1.165, 1.54) is 6.07 Å². The third-order valence-electron chi connectivity index (χ3n) is 4.06. The highest BCUT2D eigenvalue weighted by molar-refractivity contribution is 5.97. The van der Waals surface area contributed by atoms with E-state index in [0.29, 0.717) is 0 Å². The summed E-state index contributed by atoms with van der Waals surface area (Å²) in [6.45, 7) is 1.77. The molecule has 4 nitrogen and oxygen atoms in total. The van der Waals surface area contributed by atoms with Gasteiger partial charge in [0.05, 0.1) is 0 Å². The van der Waals surface area contributed by atoms with Gasteiger partial charge in [0.2, 0.25) is 5.91 Å². The van der Waals surface area contributed by atoms with Crippen LogP contribution in [-0.2, 0) is 4.79 Å². The van der Waals surface area contributed by atoms with E-state index in [1.807, 2.05) is 0 Å². The van der Waals surface area contributed by atoms with Gasteiger partial charge in [0.15, 0.2) is 17.4 Å². The van der Waals surface area contributed by atoms with Gasteiger partial charge in [-0.3, -0.25) is 9.59 Å². The maximum atomic E-state index is 13.1. The Hall–Kier alpha value is -1.53. The molecule has 128 valence electrons. The van der Waals surface area contributed by atoms with Gasteiger partial charge in [-0.25, -0.2) is 8.78 Å². The second-order valence-electron chi connectivity index (χ2n) is 5.54. The molecule has 1 saturated heterocycles.